The normalized spacial score (nSPS) is 10.2. The first-order chi connectivity index (χ1) is 14.4. The Bertz CT molecular complexity index is 830. The molecule has 30 heavy (non-hydrogen) atoms. The van der Waals surface area contributed by atoms with E-state index in [0.29, 0.717) is 18.7 Å². The number of aromatic amines is 1. The van der Waals surface area contributed by atoms with Gasteiger partial charge in [0.2, 0.25) is 0 Å². The molecule has 4 N–H and O–H groups in total. The Hall–Kier alpha value is -2.95. The van der Waals surface area contributed by atoms with Crippen molar-refractivity contribution < 1.29 is 4.79 Å². The van der Waals surface area contributed by atoms with Crippen LogP contribution in [0.1, 0.15) is 74.2 Å². The van der Waals surface area contributed by atoms with Gasteiger partial charge in [0.15, 0.2) is 0 Å². The molecule has 2 rings (SSSR count). The Morgan fingerprint density at radius 2 is 2.03 bits per heavy atom. The number of hydrogen-bond acceptors (Lipinski definition) is 4. The fourth-order valence-corrected chi connectivity index (χ4v) is 2.23. The summed E-state index contributed by atoms with van der Waals surface area (Å²) in [5.41, 5.74) is 12.7. The average Bonchev–Trinajstić information content (AvgIpc) is 3.07. The highest BCUT2D eigenvalue weighted by Crippen LogP contribution is 2.14. The van der Waals surface area contributed by atoms with Crippen LogP contribution in [-0.2, 0) is 6.42 Å². The molecule has 0 aliphatic rings. The van der Waals surface area contributed by atoms with Gasteiger partial charge in [-0.3, -0.25) is 9.78 Å². The SMILES string of the molecule is C=CC=C=Cc1[nH]c(Cc2cncc(C(=O)NCC(C)N)n2)cc1C.CC.CCC. The highest BCUT2D eigenvalue weighted by atomic mass is 16.1. The number of hydrogen-bond donors (Lipinski definition) is 3. The maximum Gasteiger partial charge on any atom is 0.271 e. The van der Waals surface area contributed by atoms with Crippen LogP contribution < -0.4 is 11.1 Å². The van der Waals surface area contributed by atoms with Crippen molar-refractivity contribution in [3.63, 3.8) is 0 Å². The maximum absolute atomic E-state index is 12.1. The van der Waals surface area contributed by atoms with E-state index in [4.69, 9.17) is 5.73 Å². The summed E-state index contributed by atoms with van der Waals surface area (Å²) in [5.74, 6) is -0.271. The van der Waals surface area contributed by atoms with Crippen LogP contribution in [0.4, 0.5) is 0 Å². The summed E-state index contributed by atoms with van der Waals surface area (Å²) in [6, 6.07) is 1.94. The number of H-pyrrole nitrogens is 1. The molecular weight excluding hydrogens is 374 g/mol. The fourth-order valence-electron chi connectivity index (χ4n) is 2.23. The summed E-state index contributed by atoms with van der Waals surface area (Å²) >= 11 is 0. The minimum absolute atomic E-state index is 0.108. The first kappa shape index (κ1) is 27.0. The van der Waals surface area contributed by atoms with Crippen molar-refractivity contribution in [3.8, 4) is 0 Å². The molecule has 0 aromatic carbocycles. The molecule has 1 atom stereocenters. The Morgan fingerprint density at radius 3 is 2.63 bits per heavy atom. The van der Waals surface area contributed by atoms with E-state index in [1.165, 1.54) is 12.6 Å². The number of carbonyl (C=O) groups is 1. The third kappa shape index (κ3) is 10.6. The monoisotopic (exact) mass is 411 g/mol. The van der Waals surface area contributed by atoms with Crippen LogP contribution in [0.15, 0.2) is 42.9 Å². The van der Waals surface area contributed by atoms with E-state index in [1.54, 1.807) is 18.3 Å². The summed E-state index contributed by atoms with van der Waals surface area (Å²) in [4.78, 5) is 23.9. The minimum Gasteiger partial charge on any atom is -0.358 e. The first-order valence-corrected chi connectivity index (χ1v) is 10.5. The zero-order valence-electron chi connectivity index (χ0n) is 19.2. The van der Waals surface area contributed by atoms with E-state index in [2.05, 4.69) is 46.4 Å². The largest absolute Gasteiger partial charge is 0.358 e. The zero-order chi connectivity index (χ0) is 22.9. The Labute approximate surface area is 181 Å². The van der Waals surface area contributed by atoms with E-state index >= 15 is 0 Å². The van der Waals surface area contributed by atoms with Gasteiger partial charge >= 0.3 is 0 Å². The maximum atomic E-state index is 12.1. The molecule has 1 amide bonds. The molecule has 164 valence electrons. The van der Waals surface area contributed by atoms with Crippen LogP contribution >= 0.6 is 0 Å². The van der Waals surface area contributed by atoms with Crippen LogP contribution in [0.5, 0.6) is 0 Å². The number of nitrogens with two attached hydrogens (primary N) is 1. The first-order valence-electron chi connectivity index (χ1n) is 10.5. The number of rotatable bonds is 7. The Kier molecular flexibility index (Phi) is 14.3. The van der Waals surface area contributed by atoms with Gasteiger partial charge in [-0.2, -0.15) is 0 Å². The molecule has 0 radical (unpaired) electrons. The number of nitrogens with zero attached hydrogens (tertiary/aromatic N) is 2. The lowest BCUT2D eigenvalue weighted by Gasteiger charge is -2.07. The molecule has 0 aliphatic carbocycles. The predicted molar refractivity (Wildman–Crippen MR) is 126 cm³/mol. The third-order valence-corrected chi connectivity index (χ3v) is 3.43. The number of nitrogens with one attached hydrogen (secondary N) is 2. The van der Waals surface area contributed by atoms with E-state index in [0.717, 1.165) is 17.0 Å². The molecule has 0 bridgehead atoms. The number of allylic oxidation sites excluding steroid dienone is 2. The average molecular weight is 412 g/mol. The number of aryl methyl sites for hydroxylation is 1. The van der Waals surface area contributed by atoms with E-state index in [-0.39, 0.29) is 17.6 Å². The van der Waals surface area contributed by atoms with Crippen molar-refractivity contribution in [3.05, 3.63) is 71.3 Å². The van der Waals surface area contributed by atoms with E-state index in [9.17, 15) is 4.79 Å². The lowest BCUT2D eigenvalue weighted by atomic mass is 10.2. The van der Waals surface area contributed by atoms with Gasteiger partial charge < -0.3 is 16.0 Å². The van der Waals surface area contributed by atoms with Gasteiger partial charge in [-0.15, -0.1) is 5.73 Å². The Balaban J connectivity index is 0.00000154. The van der Waals surface area contributed by atoms with Crippen LogP contribution in [0.2, 0.25) is 0 Å². The lowest BCUT2D eigenvalue weighted by Crippen LogP contribution is -2.35. The van der Waals surface area contributed by atoms with Crippen molar-refractivity contribution in [2.24, 2.45) is 5.73 Å². The second-order valence-electron chi connectivity index (χ2n) is 6.57. The molecule has 2 heterocycles. The van der Waals surface area contributed by atoms with Gasteiger partial charge in [0.05, 0.1) is 11.9 Å². The van der Waals surface area contributed by atoms with Crippen molar-refractivity contribution in [2.75, 3.05) is 6.54 Å². The standard InChI is InChI=1S/C19H23N5O.C3H8.C2H6/c1-4-5-6-7-17-13(2)8-15(23-17)9-16-11-21-12-18(24-16)19(25)22-10-14(3)20;1-3-2;1-2/h4-5,7-8,11-12,14,23H,1,9-10,20H2,2-3H3,(H,22,25);3H2,1-2H3;1-2H3. The molecule has 2 aromatic heterocycles. The number of carbonyl (C=O) groups excluding carboxylic acids is 1. The molecule has 0 fully saturated rings. The Morgan fingerprint density at radius 1 is 1.37 bits per heavy atom. The van der Waals surface area contributed by atoms with Crippen LogP contribution in [0, 0.1) is 6.92 Å². The fraction of sp³-hybridized carbons (Fsp3) is 0.417. The summed E-state index contributed by atoms with van der Waals surface area (Å²) in [5, 5.41) is 2.73. The van der Waals surface area contributed by atoms with Gasteiger partial charge in [0.1, 0.15) is 5.69 Å². The second-order valence-corrected chi connectivity index (χ2v) is 6.57. The van der Waals surface area contributed by atoms with Crippen molar-refractivity contribution in [1.29, 1.82) is 0 Å². The molecule has 6 nitrogen and oxygen atoms in total. The number of amides is 1. The van der Waals surface area contributed by atoms with Crippen LogP contribution in [0.25, 0.3) is 6.08 Å². The second kappa shape index (κ2) is 15.9. The molecule has 0 spiro atoms. The molecular formula is C24H37N5O. The summed E-state index contributed by atoms with van der Waals surface area (Å²) in [6.07, 6.45) is 10.2. The smallest absolute Gasteiger partial charge is 0.271 e. The molecule has 0 saturated carbocycles. The summed E-state index contributed by atoms with van der Waals surface area (Å²) in [7, 11) is 0. The van der Waals surface area contributed by atoms with Gasteiger partial charge in [0, 0.05) is 42.7 Å². The molecule has 0 aliphatic heterocycles. The van der Waals surface area contributed by atoms with Gasteiger partial charge in [0.25, 0.3) is 5.91 Å². The minimum atomic E-state index is -0.271. The molecule has 6 heteroatoms. The van der Waals surface area contributed by atoms with Crippen molar-refractivity contribution >= 4 is 12.0 Å². The quantitative estimate of drug-likeness (QED) is 0.459. The summed E-state index contributed by atoms with van der Waals surface area (Å²) < 4.78 is 0. The summed E-state index contributed by atoms with van der Waals surface area (Å²) in [6.45, 7) is 16.1. The van der Waals surface area contributed by atoms with Gasteiger partial charge in [-0.1, -0.05) is 46.8 Å². The molecule has 1 unspecified atom stereocenters. The van der Waals surface area contributed by atoms with E-state index in [1.807, 2.05) is 39.8 Å². The lowest BCUT2D eigenvalue weighted by molar-refractivity contribution is 0.0946. The third-order valence-electron chi connectivity index (χ3n) is 3.43. The van der Waals surface area contributed by atoms with Gasteiger partial charge in [-0.05, 0) is 31.6 Å². The molecule has 2 aromatic rings. The van der Waals surface area contributed by atoms with Crippen molar-refractivity contribution in [2.45, 2.75) is 60.4 Å². The van der Waals surface area contributed by atoms with Gasteiger partial charge in [-0.25, -0.2) is 4.98 Å². The number of aromatic nitrogens is 3. The topological polar surface area (TPSA) is 96.7 Å². The van der Waals surface area contributed by atoms with E-state index < -0.39 is 0 Å². The van der Waals surface area contributed by atoms with Crippen molar-refractivity contribution in [1.82, 2.24) is 20.3 Å². The highest BCUT2D eigenvalue weighted by molar-refractivity contribution is 5.91. The van der Waals surface area contributed by atoms with Crippen LogP contribution in [-0.4, -0.2) is 33.4 Å². The highest BCUT2D eigenvalue weighted by Gasteiger charge is 2.10. The zero-order valence-corrected chi connectivity index (χ0v) is 19.2. The predicted octanol–water partition coefficient (Wildman–Crippen LogP) is 4.58. The molecule has 0 saturated heterocycles. The van der Waals surface area contributed by atoms with Crippen LogP contribution in [0.3, 0.4) is 0 Å².